The molecule has 0 bridgehead atoms. The Morgan fingerprint density at radius 2 is 1.64 bits per heavy atom. The van der Waals surface area contributed by atoms with Gasteiger partial charge in [-0.1, -0.05) is 38.1 Å². The number of hydrogen-bond acceptors (Lipinski definition) is 12. The molecule has 4 aromatic rings. The molecule has 2 amide bonds. The molecule has 2 atom stereocenters. The van der Waals surface area contributed by atoms with Crippen LogP contribution in [0.1, 0.15) is 93.4 Å². The van der Waals surface area contributed by atoms with Gasteiger partial charge >= 0.3 is 11.9 Å². The molecular formula is C38H49N9O6. The minimum absolute atomic E-state index is 0.00620. The van der Waals surface area contributed by atoms with Crippen LogP contribution in [-0.4, -0.2) is 73.5 Å². The van der Waals surface area contributed by atoms with Crippen LogP contribution < -0.4 is 27.0 Å². The molecule has 2 aromatic carbocycles. The number of nitrogens with zero attached hydrogens (tertiary/aromatic N) is 5. The van der Waals surface area contributed by atoms with Crippen molar-refractivity contribution in [3.8, 4) is 0 Å². The zero-order chi connectivity index (χ0) is 38.9. The number of aliphatic carboxylic acids is 1. The van der Waals surface area contributed by atoms with Gasteiger partial charge in [-0.3, -0.25) is 14.4 Å². The van der Waals surface area contributed by atoms with E-state index in [-0.39, 0.29) is 42.2 Å². The SMILES string of the molecule is CCC(CC)c1cccc(C[C@H](NC(=O)[C@H](CCC(=O)OC(C)(C)C)NC(=O)c2ccc(N(C)Cc3cnc4nc(N)nc(N)c4n3)cc2)C(=O)O)c1. The van der Waals surface area contributed by atoms with Crippen LogP contribution in [0.5, 0.6) is 0 Å². The summed E-state index contributed by atoms with van der Waals surface area (Å²) in [5.41, 5.74) is 14.9. The fourth-order valence-electron chi connectivity index (χ4n) is 5.87. The first-order chi connectivity index (χ1) is 25.1. The summed E-state index contributed by atoms with van der Waals surface area (Å²) < 4.78 is 5.41. The average molecular weight is 728 g/mol. The number of carbonyl (C=O) groups excluding carboxylic acids is 3. The maximum Gasteiger partial charge on any atom is 0.326 e. The molecule has 0 fully saturated rings. The molecule has 0 aliphatic carbocycles. The van der Waals surface area contributed by atoms with Gasteiger partial charge < -0.3 is 36.8 Å². The Hall–Kier alpha value is -5.86. The number of fused-ring (bicyclic) bond motifs is 1. The number of nitrogen functional groups attached to an aromatic ring is 2. The molecule has 4 rings (SSSR count). The normalized spacial score (nSPS) is 12.6. The highest BCUT2D eigenvalue weighted by molar-refractivity contribution is 5.98. The third kappa shape index (κ3) is 11.3. The number of amides is 2. The van der Waals surface area contributed by atoms with E-state index in [4.69, 9.17) is 16.2 Å². The standard InChI is InChI=1S/C38H49N9O6/c1-7-23(8-2)25-11-9-10-22(18-25)19-29(36(51)52)44-35(50)28(16-17-30(48)53-38(3,4)5)43-34(49)24-12-14-27(15-13-24)47(6)21-26-20-41-33-31(42-26)32(39)45-37(40)46-33/h9-15,18,20,23,28-29H,7-8,16-17,19,21H2,1-6H3,(H,43,49)(H,44,50)(H,51,52)(H4,39,40,41,45,46)/t28-,29-/m0/s1. The summed E-state index contributed by atoms with van der Waals surface area (Å²) in [5, 5.41) is 15.4. The van der Waals surface area contributed by atoms with Gasteiger partial charge in [-0.25, -0.2) is 14.8 Å². The Morgan fingerprint density at radius 3 is 2.28 bits per heavy atom. The van der Waals surface area contributed by atoms with Crippen molar-refractivity contribution >= 4 is 52.4 Å². The predicted molar refractivity (Wildman–Crippen MR) is 202 cm³/mol. The second kappa shape index (κ2) is 17.6. The third-order valence-electron chi connectivity index (χ3n) is 8.61. The Morgan fingerprint density at radius 1 is 0.943 bits per heavy atom. The number of esters is 1. The van der Waals surface area contributed by atoms with Gasteiger partial charge in [-0.2, -0.15) is 9.97 Å². The number of rotatable bonds is 16. The number of anilines is 3. The van der Waals surface area contributed by atoms with Gasteiger partial charge in [-0.15, -0.1) is 0 Å². The molecule has 2 aromatic heterocycles. The average Bonchev–Trinajstić information content (AvgIpc) is 3.09. The number of nitrogens with two attached hydrogens (primary N) is 2. The summed E-state index contributed by atoms with van der Waals surface area (Å²) in [6, 6.07) is 11.9. The summed E-state index contributed by atoms with van der Waals surface area (Å²) in [6.45, 7) is 9.73. The Bertz CT molecular complexity index is 1930. The van der Waals surface area contributed by atoms with Crippen molar-refractivity contribution in [1.82, 2.24) is 30.6 Å². The largest absolute Gasteiger partial charge is 0.480 e. The van der Waals surface area contributed by atoms with Gasteiger partial charge in [0.1, 0.15) is 17.7 Å². The molecule has 7 N–H and O–H groups in total. The Labute approximate surface area is 308 Å². The van der Waals surface area contributed by atoms with E-state index in [1.165, 1.54) is 0 Å². The molecular weight excluding hydrogens is 678 g/mol. The lowest BCUT2D eigenvalue weighted by molar-refractivity contribution is -0.155. The second-order valence-electron chi connectivity index (χ2n) is 13.9. The molecule has 2 heterocycles. The van der Waals surface area contributed by atoms with Crippen molar-refractivity contribution in [3.05, 3.63) is 77.1 Å². The number of aromatic nitrogens is 4. The van der Waals surface area contributed by atoms with Gasteiger partial charge in [0.15, 0.2) is 17.0 Å². The van der Waals surface area contributed by atoms with Crippen LogP contribution in [0.25, 0.3) is 11.2 Å². The Kier molecular flexibility index (Phi) is 13.2. The summed E-state index contributed by atoms with van der Waals surface area (Å²) in [5.74, 6) is -2.62. The molecule has 53 heavy (non-hydrogen) atoms. The second-order valence-corrected chi connectivity index (χ2v) is 13.9. The van der Waals surface area contributed by atoms with Crippen molar-refractivity contribution in [2.75, 3.05) is 23.4 Å². The monoisotopic (exact) mass is 727 g/mol. The van der Waals surface area contributed by atoms with Crippen LogP contribution in [-0.2, 0) is 32.1 Å². The first kappa shape index (κ1) is 39.9. The van der Waals surface area contributed by atoms with E-state index >= 15 is 0 Å². The molecule has 0 aliphatic rings. The van der Waals surface area contributed by atoms with E-state index in [2.05, 4.69) is 44.4 Å². The number of hydrogen-bond donors (Lipinski definition) is 5. The van der Waals surface area contributed by atoms with Crippen molar-refractivity contribution in [1.29, 1.82) is 0 Å². The molecule has 15 heteroatoms. The molecule has 0 unspecified atom stereocenters. The maximum absolute atomic E-state index is 13.6. The number of benzene rings is 2. The van der Waals surface area contributed by atoms with Gasteiger partial charge in [0.25, 0.3) is 5.91 Å². The van der Waals surface area contributed by atoms with Crippen molar-refractivity contribution in [3.63, 3.8) is 0 Å². The van der Waals surface area contributed by atoms with E-state index in [1.807, 2.05) is 36.2 Å². The minimum atomic E-state index is -1.27. The number of ether oxygens (including phenoxy) is 1. The number of nitrogens with one attached hydrogen (secondary N) is 2. The van der Waals surface area contributed by atoms with Crippen LogP contribution in [0.3, 0.4) is 0 Å². The molecule has 0 radical (unpaired) electrons. The lowest BCUT2D eigenvalue weighted by Gasteiger charge is -2.23. The van der Waals surface area contributed by atoms with Gasteiger partial charge in [0.05, 0.1) is 18.4 Å². The quantitative estimate of drug-likeness (QED) is 0.102. The maximum atomic E-state index is 13.6. The molecule has 282 valence electrons. The van der Waals surface area contributed by atoms with Crippen LogP contribution in [0.2, 0.25) is 0 Å². The summed E-state index contributed by atoms with van der Waals surface area (Å²) in [4.78, 5) is 70.7. The predicted octanol–water partition coefficient (Wildman–Crippen LogP) is 4.16. The third-order valence-corrected chi connectivity index (χ3v) is 8.61. The van der Waals surface area contributed by atoms with Gasteiger partial charge in [-0.05, 0) is 81.3 Å². The molecule has 15 nitrogen and oxygen atoms in total. The first-order valence-electron chi connectivity index (χ1n) is 17.6. The van der Waals surface area contributed by atoms with Crippen molar-refractivity contribution in [2.24, 2.45) is 0 Å². The smallest absolute Gasteiger partial charge is 0.326 e. The van der Waals surface area contributed by atoms with Gasteiger partial charge in [0, 0.05) is 31.1 Å². The lowest BCUT2D eigenvalue weighted by atomic mass is 9.91. The summed E-state index contributed by atoms with van der Waals surface area (Å²) in [7, 11) is 1.84. The van der Waals surface area contributed by atoms with E-state index in [9.17, 15) is 24.3 Å². The highest BCUT2D eigenvalue weighted by Gasteiger charge is 2.29. The lowest BCUT2D eigenvalue weighted by Crippen LogP contribution is -2.52. The zero-order valence-corrected chi connectivity index (χ0v) is 31.1. The fourth-order valence-corrected chi connectivity index (χ4v) is 5.87. The highest BCUT2D eigenvalue weighted by atomic mass is 16.6. The van der Waals surface area contributed by atoms with E-state index in [0.29, 0.717) is 23.7 Å². The van der Waals surface area contributed by atoms with Crippen molar-refractivity contribution in [2.45, 2.75) is 96.9 Å². The molecule has 0 spiro atoms. The summed E-state index contributed by atoms with van der Waals surface area (Å²) in [6.07, 6.45) is 3.20. The van der Waals surface area contributed by atoms with E-state index in [1.54, 1.807) is 51.2 Å². The molecule has 0 aliphatic heterocycles. The first-order valence-corrected chi connectivity index (χ1v) is 17.6. The molecule has 0 saturated carbocycles. The topological polar surface area (TPSA) is 229 Å². The number of carboxylic acids is 1. The summed E-state index contributed by atoms with van der Waals surface area (Å²) >= 11 is 0. The number of carboxylic acid groups (broad SMARTS) is 1. The van der Waals surface area contributed by atoms with Crippen molar-refractivity contribution < 1.29 is 29.0 Å². The van der Waals surface area contributed by atoms with Crippen LogP contribution in [0, 0.1) is 0 Å². The van der Waals surface area contributed by atoms with E-state index < -0.39 is 41.4 Å². The van der Waals surface area contributed by atoms with E-state index in [0.717, 1.165) is 29.7 Å². The number of carbonyl (C=O) groups is 4. The van der Waals surface area contributed by atoms with Crippen LogP contribution >= 0.6 is 0 Å². The molecule has 0 saturated heterocycles. The van der Waals surface area contributed by atoms with Crippen LogP contribution in [0.15, 0.2) is 54.7 Å². The highest BCUT2D eigenvalue weighted by Crippen LogP contribution is 2.24. The zero-order valence-electron chi connectivity index (χ0n) is 31.1. The van der Waals surface area contributed by atoms with Crippen LogP contribution in [0.4, 0.5) is 17.5 Å². The van der Waals surface area contributed by atoms with Gasteiger partial charge in [0.2, 0.25) is 11.9 Å². The fraction of sp³-hybridized carbons (Fsp3) is 0.421. The Balaban J connectivity index is 1.47. The minimum Gasteiger partial charge on any atom is -0.480 e.